The number of alkyl halides is 3. The van der Waals surface area contributed by atoms with E-state index in [0.717, 1.165) is 35.6 Å². The number of halogens is 6. The second kappa shape index (κ2) is 33.1. The maximum absolute atomic E-state index is 13.3. The van der Waals surface area contributed by atoms with Gasteiger partial charge in [-0.25, -0.2) is 34.1 Å². The number of allylic oxidation sites excluding steroid dienone is 1. The van der Waals surface area contributed by atoms with Gasteiger partial charge in [-0.1, -0.05) is 66.7 Å². The van der Waals surface area contributed by atoms with Gasteiger partial charge >= 0.3 is 30.1 Å². The first-order chi connectivity index (χ1) is 33.4. The lowest BCUT2D eigenvalue weighted by molar-refractivity contribution is -0.268. The number of methoxy groups -OCH3 is 2. The molecule has 1 aromatic carbocycles. The standard InChI is InChI=1S/C14H16F3NO2.C12H15NO3.C8H8BrNO2.C8H9NO3.C7H6BrNO2.ClH/c1-2-8-13(12(19)9-18,14(15,16)17)20-10-11-6-4-3-5-7-11;1-3-4-5-8-16-11-9(2)6-7-10(13-11)12(14)15;1-5-3-4-6(8(11)12-2)10-7(5)9;1-5-3-4-6(8(11)12-2)9-7(5)10;1-4-2-3-5(7(10)11)9-6(4)8;/h2-7H,1,8-10,18H2;3,6-7H,1,4-5,8H2,2H3,(H,14,15);3-4H,1-2H3;3-4H,1-2H3,(H,9,10);2-3H,1H3,(H,10,11);1H. The van der Waals surface area contributed by atoms with Crippen molar-refractivity contribution in [2.75, 3.05) is 27.4 Å². The summed E-state index contributed by atoms with van der Waals surface area (Å²) in [5.41, 5.74) is 6.30. The molecule has 5 aromatic rings. The van der Waals surface area contributed by atoms with E-state index in [2.05, 4.69) is 74.4 Å². The van der Waals surface area contributed by atoms with Crippen LogP contribution in [0.3, 0.4) is 0 Å². The topological polar surface area (TPSA) is 260 Å². The predicted octanol–water partition coefficient (Wildman–Crippen LogP) is 9.72. The number of carboxylic acid groups (broad SMARTS) is 2. The Kier molecular flexibility index (Phi) is 30.1. The number of rotatable bonds is 16. The van der Waals surface area contributed by atoms with Crippen molar-refractivity contribution in [3.63, 3.8) is 0 Å². The molecule has 0 aliphatic rings. The molecule has 0 spiro atoms. The molecule has 5 N–H and O–H groups in total. The zero-order valence-corrected chi connectivity index (χ0v) is 44.0. The molecular formula is C49H55Br2ClF3N5O12. The van der Waals surface area contributed by atoms with Gasteiger partial charge in [-0.05, 0) is 113 Å². The highest BCUT2D eigenvalue weighted by Crippen LogP contribution is 2.38. The quantitative estimate of drug-likeness (QED) is 0.0310. The Morgan fingerprint density at radius 2 is 1.22 bits per heavy atom. The second-order valence-electron chi connectivity index (χ2n) is 14.4. The van der Waals surface area contributed by atoms with Gasteiger partial charge in [-0.2, -0.15) is 13.2 Å². The number of carbonyl (C=O) groups is 5. The fourth-order valence-corrected chi connectivity index (χ4v) is 5.70. The van der Waals surface area contributed by atoms with Crippen LogP contribution in [-0.4, -0.2) is 99.0 Å². The van der Waals surface area contributed by atoms with Crippen molar-refractivity contribution in [1.29, 1.82) is 0 Å². The first-order valence-corrected chi connectivity index (χ1v) is 22.4. The van der Waals surface area contributed by atoms with Crippen LogP contribution < -0.4 is 16.0 Å². The summed E-state index contributed by atoms with van der Waals surface area (Å²) >= 11 is 6.36. The lowest BCUT2D eigenvalue weighted by Crippen LogP contribution is -2.56. The van der Waals surface area contributed by atoms with Crippen molar-refractivity contribution in [3.05, 3.63) is 174 Å². The maximum atomic E-state index is 13.3. The monoisotopic (exact) mass is 1160 g/mol. The second-order valence-corrected chi connectivity index (χ2v) is 15.9. The number of nitrogens with one attached hydrogen (secondary N) is 1. The van der Waals surface area contributed by atoms with Crippen molar-refractivity contribution in [3.8, 4) is 5.88 Å². The van der Waals surface area contributed by atoms with E-state index in [1.54, 1.807) is 61.5 Å². The molecule has 0 amide bonds. The highest BCUT2D eigenvalue weighted by atomic mass is 79.9. The van der Waals surface area contributed by atoms with E-state index >= 15 is 0 Å². The van der Waals surface area contributed by atoms with E-state index < -0.39 is 54.4 Å². The van der Waals surface area contributed by atoms with E-state index in [1.165, 1.54) is 32.4 Å². The number of ketones is 1. The van der Waals surface area contributed by atoms with E-state index in [-0.39, 0.29) is 41.7 Å². The number of esters is 2. The van der Waals surface area contributed by atoms with Crippen LogP contribution in [0.2, 0.25) is 0 Å². The number of hydrogen-bond acceptors (Lipinski definition) is 14. The van der Waals surface area contributed by atoms with Crippen LogP contribution in [0.15, 0.2) is 118 Å². The minimum atomic E-state index is -4.85. The Labute approximate surface area is 436 Å². The Hall–Kier alpha value is -6.59. The molecule has 1 unspecified atom stereocenters. The lowest BCUT2D eigenvalue weighted by Gasteiger charge is -2.33. The highest BCUT2D eigenvalue weighted by molar-refractivity contribution is 9.10. The molecule has 23 heteroatoms. The van der Waals surface area contributed by atoms with Crippen LogP contribution in [0.5, 0.6) is 5.88 Å². The molecule has 390 valence electrons. The van der Waals surface area contributed by atoms with Crippen molar-refractivity contribution >= 4 is 73.9 Å². The minimum absolute atomic E-state index is 0. The molecule has 0 bridgehead atoms. The molecular weight excluding hydrogens is 1100 g/mol. The molecule has 0 saturated heterocycles. The third-order valence-electron chi connectivity index (χ3n) is 9.11. The van der Waals surface area contributed by atoms with Gasteiger partial charge in [-0.3, -0.25) is 9.59 Å². The summed E-state index contributed by atoms with van der Waals surface area (Å²) in [5, 5.41) is 17.3. The van der Waals surface area contributed by atoms with Crippen LogP contribution in [0.4, 0.5) is 13.2 Å². The smallest absolute Gasteiger partial charge is 0.425 e. The Balaban J connectivity index is 0.000000888. The fraction of sp³-hybridized carbons (Fsp3) is 0.286. The Morgan fingerprint density at radius 3 is 1.68 bits per heavy atom. The average molecular weight is 1160 g/mol. The van der Waals surface area contributed by atoms with E-state index in [4.69, 9.17) is 25.4 Å². The molecule has 0 aliphatic heterocycles. The fourth-order valence-electron chi connectivity index (χ4n) is 5.05. The average Bonchev–Trinajstić information content (AvgIpc) is 3.34. The maximum Gasteiger partial charge on any atom is 0.425 e. The number of Topliss-reactive ketones (excluding diaryl/α,β-unsaturated/α-hetero) is 1. The number of nitrogens with two attached hydrogens (primary N) is 1. The van der Waals surface area contributed by atoms with Gasteiger partial charge in [0.05, 0.1) is 34.0 Å². The number of aryl methyl sites for hydroxylation is 4. The first kappa shape index (κ1) is 65.4. The number of aromatic carboxylic acids is 2. The summed E-state index contributed by atoms with van der Waals surface area (Å²) in [6.07, 6.45) is -0.977. The molecule has 4 heterocycles. The summed E-state index contributed by atoms with van der Waals surface area (Å²) in [6.45, 7) is 13.6. The largest absolute Gasteiger partial charge is 0.477 e. The minimum Gasteiger partial charge on any atom is -0.477 e. The number of aromatic amines is 1. The van der Waals surface area contributed by atoms with Crippen LogP contribution in [0.25, 0.3) is 0 Å². The zero-order valence-electron chi connectivity index (χ0n) is 40.0. The molecule has 5 rings (SSSR count). The number of carbonyl (C=O) groups excluding carboxylic acids is 3. The van der Waals surface area contributed by atoms with Crippen LogP contribution in [-0.2, 0) is 25.6 Å². The summed E-state index contributed by atoms with van der Waals surface area (Å²) in [7, 11) is 2.60. The number of nitrogens with zero attached hydrogens (tertiary/aromatic N) is 3. The number of unbranched alkanes of at least 4 members (excludes halogenated alkanes) is 1. The lowest BCUT2D eigenvalue weighted by atomic mass is 9.92. The van der Waals surface area contributed by atoms with E-state index in [1.807, 2.05) is 32.9 Å². The third kappa shape index (κ3) is 21.8. The van der Waals surface area contributed by atoms with E-state index in [9.17, 15) is 41.9 Å². The molecule has 72 heavy (non-hydrogen) atoms. The molecule has 4 aromatic heterocycles. The number of pyridine rings is 4. The molecule has 0 radical (unpaired) electrons. The molecule has 0 fully saturated rings. The predicted molar refractivity (Wildman–Crippen MR) is 272 cm³/mol. The number of aromatic nitrogens is 4. The molecule has 17 nitrogen and oxygen atoms in total. The van der Waals surface area contributed by atoms with Crippen molar-refractivity contribution < 1.29 is 66.3 Å². The summed E-state index contributed by atoms with van der Waals surface area (Å²) in [5.74, 6) is -3.82. The summed E-state index contributed by atoms with van der Waals surface area (Å²) in [6, 6.07) is 21.2. The van der Waals surface area contributed by atoms with Crippen LogP contribution in [0.1, 0.15) is 89.0 Å². The summed E-state index contributed by atoms with van der Waals surface area (Å²) in [4.78, 5) is 79.7. The SMILES string of the molecule is C=CCC(OCc1ccccc1)(C(=O)CN)C(F)(F)F.C=CCCCOc1nc(C(=O)O)ccc1C.COC(=O)c1ccc(C)c(=O)[nH]1.COC(=O)c1ccc(C)c(Br)n1.Cc1ccc(C(=O)O)nc1Br.Cl. The van der Waals surface area contributed by atoms with Crippen molar-refractivity contribution in [2.24, 2.45) is 5.73 Å². The van der Waals surface area contributed by atoms with E-state index in [0.29, 0.717) is 38.5 Å². The molecule has 0 aliphatic carbocycles. The van der Waals surface area contributed by atoms with Gasteiger partial charge in [0.25, 0.3) is 5.56 Å². The number of H-pyrrole nitrogens is 1. The highest BCUT2D eigenvalue weighted by Gasteiger charge is 2.60. The molecule has 0 saturated carbocycles. The Bertz CT molecular complexity index is 2660. The number of ether oxygens (including phenoxy) is 4. The first-order valence-electron chi connectivity index (χ1n) is 20.8. The number of hydrogen-bond donors (Lipinski definition) is 4. The normalized spacial score (nSPS) is 10.9. The van der Waals surface area contributed by atoms with Gasteiger partial charge in [0.1, 0.15) is 26.3 Å². The van der Waals surface area contributed by atoms with Gasteiger partial charge in [0, 0.05) is 17.5 Å². The number of benzene rings is 1. The van der Waals surface area contributed by atoms with Crippen LogP contribution in [0, 0.1) is 27.7 Å². The van der Waals surface area contributed by atoms with Crippen molar-refractivity contribution in [1.82, 2.24) is 19.9 Å². The van der Waals surface area contributed by atoms with Gasteiger partial charge in [0.15, 0.2) is 11.5 Å². The van der Waals surface area contributed by atoms with Crippen molar-refractivity contribution in [2.45, 2.75) is 65.3 Å². The zero-order chi connectivity index (χ0) is 53.9. The van der Waals surface area contributed by atoms with Gasteiger partial charge in [-0.15, -0.1) is 25.6 Å². The third-order valence-corrected chi connectivity index (χ3v) is 10.7. The van der Waals surface area contributed by atoms with Gasteiger partial charge in [0.2, 0.25) is 11.5 Å². The molecule has 1 atom stereocenters. The number of carboxylic acids is 2. The van der Waals surface area contributed by atoms with Gasteiger partial charge < -0.3 is 39.9 Å². The Morgan fingerprint density at radius 1 is 0.722 bits per heavy atom. The summed E-state index contributed by atoms with van der Waals surface area (Å²) < 4.78 is 60.3. The van der Waals surface area contributed by atoms with Crippen LogP contribution >= 0.6 is 44.3 Å².